The van der Waals surface area contributed by atoms with E-state index in [1.165, 1.54) is 0 Å². The summed E-state index contributed by atoms with van der Waals surface area (Å²) >= 11 is 0. The van der Waals surface area contributed by atoms with Gasteiger partial charge in [-0.3, -0.25) is 4.90 Å². The zero-order valence-electron chi connectivity index (χ0n) is 10.2. The summed E-state index contributed by atoms with van der Waals surface area (Å²) in [5, 5.41) is 0. The molecule has 0 aromatic heterocycles. The summed E-state index contributed by atoms with van der Waals surface area (Å²) in [6.45, 7) is 8.29. The van der Waals surface area contributed by atoms with Crippen molar-refractivity contribution in [2.45, 2.75) is 26.4 Å². The molecule has 0 saturated heterocycles. The van der Waals surface area contributed by atoms with E-state index in [2.05, 4.69) is 25.7 Å². The van der Waals surface area contributed by atoms with Gasteiger partial charge < -0.3 is 13.3 Å². The van der Waals surface area contributed by atoms with Gasteiger partial charge in [0.2, 0.25) is 0 Å². The molecule has 0 rings (SSSR count). The minimum Gasteiger partial charge on any atom is -0.376 e. The van der Waals surface area contributed by atoms with Crippen molar-refractivity contribution in [1.82, 2.24) is 4.90 Å². The molecule has 0 spiro atoms. The van der Waals surface area contributed by atoms with E-state index in [4.69, 9.17) is 13.3 Å². The Morgan fingerprint density at radius 2 is 1.36 bits per heavy atom. The average molecular weight is 221 g/mol. The Morgan fingerprint density at radius 1 is 1.00 bits per heavy atom. The highest BCUT2D eigenvalue weighted by atomic mass is 28.4. The summed E-state index contributed by atoms with van der Waals surface area (Å²) in [6.07, 6.45) is 0. The lowest BCUT2D eigenvalue weighted by Crippen LogP contribution is -2.60. The maximum absolute atomic E-state index is 5.44. The molecule has 0 aliphatic heterocycles. The minimum absolute atomic E-state index is 0.192. The standard InChI is InChI=1S/C9H23NO3Si/c1-7-10(8-2)9(3)14(11-4,12-5)13-6/h9H,7-8H2,1-6H3. The molecule has 0 aliphatic carbocycles. The number of nitrogens with zero attached hydrogens (tertiary/aromatic N) is 1. The van der Waals surface area contributed by atoms with Gasteiger partial charge in [0, 0.05) is 21.3 Å². The van der Waals surface area contributed by atoms with Crippen molar-refractivity contribution in [3.63, 3.8) is 0 Å². The lowest BCUT2D eigenvalue weighted by molar-refractivity contribution is 0.0815. The summed E-state index contributed by atoms with van der Waals surface area (Å²) in [7, 11) is 2.46. The molecule has 0 saturated carbocycles. The van der Waals surface area contributed by atoms with Crippen LogP contribution in [0.2, 0.25) is 0 Å². The maximum atomic E-state index is 5.44. The van der Waals surface area contributed by atoms with Crippen molar-refractivity contribution < 1.29 is 13.3 Å². The van der Waals surface area contributed by atoms with E-state index in [1.807, 2.05) is 0 Å². The lowest BCUT2D eigenvalue weighted by Gasteiger charge is -2.36. The van der Waals surface area contributed by atoms with Crippen LogP contribution in [0.15, 0.2) is 0 Å². The van der Waals surface area contributed by atoms with E-state index < -0.39 is 8.80 Å². The summed E-state index contributed by atoms with van der Waals surface area (Å²) in [4.78, 5) is 2.28. The van der Waals surface area contributed by atoms with Crippen molar-refractivity contribution in [2.24, 2.45) is 0 Å². The second kappa shape index (κ2) is 6.52. The van der Waals surface area contributed by atoms with Crippen LogP contribution in [-0.2, 0) is 13.3 Å². The molecule has 0 aromatic carbocycles. The normalized spacial score (nSPS) is 14.8. The molecule has 0 radical (unpaired) electrons. The number of hydrogen-bond donors (Lipinski definition) is 0. The first-order valence-electron chi connectivity index (χ1n) is 5.01. The van der Waals surface area contributed by atoms with Crippen LogP contribution < -0.4 is 0 Å². The van der Waals surface area contributed by atoms with Gasteiger partial charge in [0.25, 0.3) is 0 Å². The highest BCUT2D eigenvalue weighted by Gasteiger charge is 2.46. The molecule has 0 heterocycles. The predicted octanol–water partition coefficient (Wildman–Crippen LogP) is 1.13. The largest absolute Gasteiger partial charge is 0.517 e. The average Bonchev–Trinajstić information content (AvgIpc) is 2.23. The highest BCUT2D eigenvalue weighted by molar-refractivity contribution is 6.62. The van der Waals surface area contributed by atoms with Crippen LogP contribution in [0.4, 0.5) is 0 Å². The third kappa shape index (κ3) is 2.77. The van der Waals surface area contributed by atoms with Gasteiger partial charge in [0.05, 0.1) is 5.67 Å². The van der Waals surface area contributed by atoms with Gasteiger partial charge in [-0.1, -0.05) is 13.8 Å². The molecule has 0 N–H and O–H groups in total. The van der Waals surface area contributed by atoms with E-state index in [9.17, 15) is 0 Å². The highest BCUT2D eigenvalue weighted by Crippen LogP contribution is 2.16. The van der Waals surface area contributed by atoms with Gasteiger partial charge in [-0.15, -0.1) is 0 Å². The van der Waals surface area contributed by atoms with Crippen molar-refractivity contribution in [3.8, 4) is 0 Å². The number of rotatable bonds is 7. The Hall–Kier alpha value is 0.0569. The topological polar surface area (TPSA) is 30.9 Å². The van der Waals surface area contributed by atoms with Gasteiger partial charge in [-0.05, 0) is 20.0 Å². The first kappa shape index (κ1) is 14.1. The van der Waals surface area contributed by atoms with Gasteiger partial charge in [-0.25, -0.2) is 0 Å². The van der Waals surface area contributed by atoms with Crippen molar-refractivity contribution in [2.75, 3.05) is 34.4 Å². The van der Waals surface area contributed by atoms with Crippen molar-refractivity contribution in [3.05, 3.63) is 0 Å². The third-order valence-electron chi connectivity index (χ3n) is 2.73. The summed E-state index contributed by atoms with van der Waals surface area (Å²) < 4.78 is 16.3. The van der Waals surface area contributed by atoms with Crippen LogP contribution in [0.25, 0.3) is 0 Å². The summed E-state index contributed by atoms with van der Waals surface area (Å²) in [5.41, 5.74) is 0.192. The van der Waals surface area contributed by atoms with Crippen LogP contribution in [0.5, 0.6) is 0 Å². The SMILES string of the molecule is CCN(CC)C(C)[Si](OC)(OC)OC. The van der Waals surface area contributed by atoms with Crippen LogP contribution in [0.1, 0.15) is 20.8 Å². The molecule has 0 amide bonds. The summed E-state index contributed by atoms with van der Waals surface area (Å²) in [6, 6.07) is 0. The summed E-state index contributed by atoms with van der Waals surface area (Å²) in [5.74, 6) is 0. The molecule has 0 aliphatic rings. The monoisotopic (exact) mass is 221 g/mol. The van der Waals surface area contributed by atoms with Crippen molar-refractivity contribution >= 4 is 8.80 Å². The second-order valence-electron chi connectivity index (χ2n) is 3.11. The Kier molecular flexibility index (Phi) is 6.55. The zero-order valence-corrected chi connectivity index (χ0v) is 11.2. The fourth-order valence-electron chi connectivity index (χ4n) is 1.76. The molecule has 0 fully saturated rings. The van der Waals surface area contributed by atoms with E-state index >= 15 is 0 Å². The molecule has 0 aromatic rings. The molecule has 5 heteroatoms. The molecule has 1 atom stereocenters. The second-order valence-corrected chi connectivity index (χ2v) is 6.38. The quantitative estimate of drug-likeness (QED) is 0.603. The first-order chi connectivity index (χ1) is 6.61. The van der Waals surface area contributed by atoms with Crippen LogP contribution in [-0.4, -0.2) is 53.8 Å². The van der Waals surface area contributed by atoms with E-state index in [0.717, 1.165) is 13.1 Å². The predicted molar refractivity (Wildman–Crippen MR) is 59.2 cm³/mol. The first-order valence-corrected chi connectivity index (χ1v) is 6.81. The van der Waals surface area contributed by atoms with E-state index in [-0.39, 0.29) is 5.67 Å². The Morgan fingerprint density at radius 3 is 1.57 bits per heavy atom. The number of hydrogen-bond acceptors (Lipinski definition) is 4. The van der Waals surface area contributed by atoms with Gasteiger partial charge >= 0.3 is 8.80 Å². The van der Waals surface area contributed by atoms with E-state index in [1.54, 1.807) is 21.3 Å². The lowest BCUT2D eigenvalue weighted by atomic mass is 10.5. The minimum atomic E-state index is -2.50. The molecule has 4 nitrogen and oxygen atoms in total. The third-order valence-corrected chi connectivity index (χ3v) is 5.82. The van der Waals surface area contributed by atoms with Gasteiger partial charge in [0.1, 0.15) is 0 Å². The zero-order chi connectivity index (χ0) is 11.2. The Labute approximate surface area is 88.5 Å². The van der Waals surface area contributed by atoms with E-state index in [0.29, 0.717) is 0 Å². The Bertz CT molecular complexity index is 141. The Balaban J connectivity index is 4.63. The van der Waals surface area contributed by atoms with Crippen LogP contribution in [0, 0.1) is 0 Å². The molecule has 1 unspecified atom stereocenters. The fourth-order valence-corrected chi connectivity index (χ4v) is 4.09. The van der Waals surface area contributed by atoms with Crippen LogP contribution >= 0.6 is 0 Å². The fraction of sp³-hybridized carbons (Fsp3) is 1.00. The van der Waals surface area contributed by atoms with Crippen LogP contribution in [0.3, 0.4) is 0 Å². The molecular weight excluding hydrogens is 198 g/mol. The van der Waals surface area contributed by atoms with Crippen molar-refractivity contribution in [1.29, 1.82) is 0 Å². The maximum Gasteiger partial charge on any atom is 0.517 e. The molecular formula is C9H23NO3Si. The molecule has 0 bridgehead atoms. The molecule has 86 valence electrons. The van der Waals surface area contributed by atoms with Gasteiger partial charge in [-0.2, -0.15) is 0 Å². The van der Waals surface area contributed by atoms with Gasteiger partial charge in [0.15, 0.2) is 0 Å². The smallest absolute Gasteiger partial charge is 0.376 e. The molecule has 14 heavy (non-hydrogen) atoms.